The number of allylic oxidation sites excluding steroid dienone is 7. The summed E-state index contributed by atoms with van der Waals surface area (Å²) in [5.41, 5.74) is 0. The Morgan fingerprint density at radius 3 is 1.89 bits per heavy atom. The number of hydrogen-bond acceptors (Lipinski definition) is 5. The molecule has 0 aromatic carbocycles. The Labute approximate surface area is 289 Å². The first kappa shape index (κ1) is 45.5. The van der Waals surface area contributed by atoms with Gasteiger partial charge in [-0.3, -0.25) is 13.8 Å². The van der Waals surface area contributed by atoms with Gasteiger partial charge in [-0.05, 0) is 57.8 Å². The highest BCUT2D eigenvalue weighted by Gasteiger charge is 2.27. The highest BCUT2D eigenvalue weighted by atomic mass is 31.2. The number of carbonyl (C=O) groups excluding carboxylic acids is 1. The average molecular weight is 684 g/mol. The van der Waals surface area contributed by atoms with E-state index in [-0.39, 0.29) is 19.1 Å². The third-order valence-electron chi connectivity index (χ3n) is 7.77. The van der Waals surface area contributed by atoms with E-state index in [1.165, 1.54) is 51.4 Å². The van der Waals surface area contributed by atoms with E-state index in [2.05, 4.69) is 55.6 Å². The Kier molecular flexibility index (Phi) is 29.5. The molecule has 8 nitrogen and oxygen atoms in total. The quantitative estimate of drug-likeness (QED) is 0.0283. The summed E-state index contributed by atoms with van der Waals surface area (Å²) in [7, 11) is 1.53. The Hall–Kier alpha value is -1.54. The van der Waals surface area contributed by atoms with Crippen LogP contribution in [0.3, 0.4) is 0 Å². The van der Waals surface area contributed by atoms with E-state index in [0.29, 0.717) is 17.4 Å². The van der Waals surface area contributed by atoms with Crippen molar-refractivity contribution in [1.29, 1.82) is 0 Å². The van der Waals surface area contributed by atoms with Crippen molar-refractivity contribution in [1.82, 2.24) is 5.32 Å². The minimum absolute atomic E-state index is 0.0514. The first-order chi connectivity index (χ1) is 22.5. The van der Waals surface area contributed by atoms with Crippen molar-refractivity contribution in [3.05, 3.63) is 48.6 Å². The van der Waals surface area contributed by atoms with E-state index in [1.807, 2.05) is 27.2 Å². The van der Waals surface area contributed by atoms with Crippen LogP contribution in [-0.4, -0.2) is 73.4 Å². The molecule has 0 saturated heterocycles. The van der Waals surface area contributed by atoms with Crippen LogP contribution in [0.4, 0.5) is 0 Å². The molecule has 0 aromatic heterocycles. The zero-order valence-corrected chi connectivity index (χ0v) is 31.6. The Bertz CT molecular complexity index is 912. The maximum absolute atomic E-state index is 12.8. The summed E-state index contributed by atoms with van der Waals surface area (Å²) >= 11 is 0. The number of nitrogens with one attached hydrogen (secondary N) is 1. The molecule has 0 bridgehead atoms. The number of phosphoric acid groups is 1. The number of rotatable bonds is 32. The number of nitrogens with zero attached hydrogens (tertiary/aromatic N) is 1. The fraction of sp³-hybridized carbons (Fsp3) is 0.763. The molecule has 0 aliphatic rings. The van der Waals surface area contributed by atoms with Gasteiger partial charge in [0.15, 0.2) is 0 Å². The predicted octanol–water partition coefficient (Wildman–Crippen LogP) is 9.35. The summed E-state index contributed by atoms with van der Waals surface area (Å²) in [6, 6.07) is -0.867. The van der Waals surface area contributed by atoms with Crippen molar-refractivity contribution in [2.75, 3.05) is 40.9 Å². The van der Waals surface area contributed by atoms with Crippen molar-refractivity contribution in [3.63, 3.8) is 0 Å². The van der Waals surface area contributed by atoms with Crippen LogP contribution < -0.4 is 5.32 Å². The lowest BCUT2D eigenvalue weighted by Crippen LogP contribution is -2.45. The number of aliphatic hydroxyl groups is 1. The molecule has 0 rings (SSSR count). The average Bonchev–Trinajstić information content (AvgIpc) is 3.01. The highest BCUT2D eigenvalue weighted by molar-refractivity contribution is 7.47. The molecule has 1 amide bonds. The monoisotopic (exact) mass is 684 g/mol. The molecule has 3 atom stereocenters. The van der Waals surface area contributed by atoms with E-state index in [0.717, 1.165) is 64.2 Å². The van der Waals surface area contributed by atoms with Crippen LogP contribution >= 0.6 is 7.82 Å². The van der Waals surface area contributed by atoms with Crippen molar-refractivity contribution >= 4 is 13.7 Å². The Morgan fingerprint density at radius 2 is 1.26 bits per heavy atom. The fourth-order valence-electron chi connectivity index (χ4n) is 4.72. The number of phosphoric ester groups is 1. The third kappa shape index (κ3) is 32.8. The molecule has 0 aliphatic carbocycles. The normalized spacial score (nSPS) is 15.3. The fourth-order valence-corrected chi connectivity index (χ4v) is 5.45. The van der Waals surface area contributed by atoms with Crippen LogP contribution in [0.5, 0.6) is 0 Å². The van der Waals surface area contributed by atoms with E-state index in [4.69, 9.17) is 9.05 Å². The third-order valence-corrected chi connectivity index (χ3v) is 8.76. The number of hydrogen-bond donors (Lipinski definition) is 3. The largest absolute Gasteiger partial charge is 0.472 e. The van der Waals surface area contributed by atoms with Gasteiger partial charge in [0.25, 0.3) is 0 Å². The molecule has 274 valence electrons. The lowest BCUT2D eigenvalue weighted by atomic mass is 10.1. The Balaban J connectivity index is 4.63. The lowest BCUT2D eigenvalue weighted by Gasteiger charge is -2.25. The van der Waals surface area contributed by atoms with E-state index >= 15 is 0 Å². The number of likely N-dealkylation sites (N-methyl/N-ethyl adjacent to an activating group) is 1. The number of quaternary nitrogens is 1. The van der Waals surface area contributed by atoms with Crippen molar-refractivity contribution in [2.45, 2.75) is 148 Å². The molecule has 3 unspecified atom stereocenters. The number of aliphatic hydroxyl groups excluding tert-OH is 1. The molecule has 9 heteroatoms. The van der Waals surface area contributed by atoms with E-state index in [1.54, 1.807) is 6.08 Å². The van der Waals surface area contributed by atoms with Gasteiger partial charge in [0.1, 0.15) is 13.2 Å². The summed E-state index contributed by atoms with van der Waals surface area (Å²) in [6.45, 7) is 4.68. The van der Waals surface area contributed by atoms with Crippen molar-refractivity contribution < 1.29 is 32.9 Å². The van der Waals surface area contributed by atoms with Crippen LogP contribution in [0.15, 0.2) is 48.6 Å². The first-order valence-electron chi connectivity index (χ1n) is 18.5. The van der Waals surface area contributed by atoms with Crippen LogP contribution in [-0.2, 0) is 18.4 Å². The van der Waals surface area contributed by atoms with Crippen LogP contribution in [0.2, 0.25) is 0 Å². The summed E-state index contributed by atoms with van der Waals surface area (Å²) in [4.78, 5) is 22.9. The van der Waals surface area contributed by atoms with Gasteiger partial charge in [-0.1, -0.05) is 120 Å². The van der Waals surface area contributed by atoms with Crippen LogP contribution in [0.25, 0.3) is 0 Å². The number of carbonyl (C=O) groups is 1. The summed E-state index contributed by atoms with van der Waals surface area (Å²) in [5.74, 6) is -0.207. The summed E-state index contributed by atoms with van der Waals surface area (Å²) < 4.78 is 23.4. The minimum Gasteiger partial charge on any atom is -0.387 e. The maximum atomic E-state index is 12.8. The standard InChI is InChI=1S/C38H71N2O6P/c1-6-8-10-12-14-16-18-19-20-22-24-26-28-30-32-38(42)39-36(35-46-47(43,44)45-34-33-40(3,4)5)37(41)31-29-27-25-23-21-17-15-13-11-9-7-2/h12,14,18-19,21,23,29,31,36-37,41H,6-11,13,15-17,20,22,24-28,30,32-35H2,1-5H3,(H-,39,42,43,44)/p+1/b14-12-,19-18-,23-21+,31-29+. The molecule has 0 saturated carbocycles. The smallest absolute Gasteiger partial charge is 0.387 e. The second kappa shape index (κ2) is 30.5. The van der Waals surface area contributed by atoms with Crippen molar-refractivity contribution in [3.8, 4) is 0 Å². The number of unbranched alkanes of at least 4 members (excludes halogenated alkanes) is 13. The Morgan fingerprint density at radius 1 is 0.723 bits per heavy atom. The van der Waals surface area contributed by atoms with Gasteiger partial charge in [0.2, 0.25) is 5.91 Å². The second-order valence-electron chi connectivity index (χ2n) is 13.6. The molecule has 0 aromatic rings. The molecule has 0 fully saturated rings. The molecule has 47 heavy (non-hydrogen) atoms. The topological polar surface area (TPSA) is 105 Å². The SMILES string of the molecule is CCCC/C=C\C/C=C\CCCCCCCC(=O)NC(COP(=O)(O)OCC[N+](C)(C)C)C(O)/C=C/CC/C=C/CCCCCCC. The highest BCUT2D eigenvalue weighted by Crippen LogP contribution is 2.43. The van der Waals surface area contributed by atoms with Gasteiger partial charge in [-0.25, -0.2) is 4.57 Å². The van der Waals surface area contributed by atoms with E-state index < -0.39 is 20.0 Å². The van der Waals surface area contributed by atoms with Gasteiger partial charge >= 0.3 is 7.82 Å². The molecule has 0 heterocycles. The van der Waals surface area contributed by atoms with Crippen LogP contribution in [0.1, 0.15) is 136 Å². The van der Waals surface area contributed by atoms with Gasteiger partial charge in [-0.15, -0.1) is 0 Å². The zero-order chi connectivity index (χ0) is 35.1. The molecule has 0 spiro atoms. The summed E-state index contributed by atoms with van der Waals surface area (Å²) in [6.07, 6.45) is 36.0. The molecule has 3 N–H and O–H groups in total. The van der Waals surface area contributed by atoms with Crippen molar-refractivity contribution in [2.24, 2.45) is 0 Å². The maximum Gasteiger partial charge on any atom is 0.472 e. The molecule has 0 aliphatic heterocycles. The molecule has 0 radical (unpaired) electrons. The lowest BCUT2D eigenvalue weighted by molar-refractivity contribution is -0.870. The van der Waals surface area contributed by atoms with E-state index in [9.17, 15) is 19.4 Å². The zero-order valence-electron chi connectivity index (χ0n) is 30.8. The number of amides is 1. The summed E-state index contributed by atoms with van der Waals surface area (Å²) in [5, 5.41) is 13.7. The van der Waals surface area contributed by atoms with Gasteiger partial charge < -0.3 is 19.8 Å². The van der Waals surface area contributed by atoms with Crippen LogP contribution in [0, 0.1) is 0 Å². The minimum atomic E-state index is -4.34. The molecular formula is C38H72N2O6P+. The predicted molar refractivity (Wildman–Crippen MR) is 198 cm³/mol. The van der Waals surface area contributed by atoms with Gasteiger partial charge in [-0.2, -0.15) is 0 Å². The second-order valence-corrected chi connectivity index (χ2v) is 15.0. The molecular weight excluding hydrogens is 611 g/mol. The first-order valence-corrected chi connectivity index (χ1v) is 20.0. The van der Waals surface area contributed by atoms with Gasteiger partial charge in [0.05, 0.1) is 39.9 Å². The van der Waals surface area contributed by atoms with Gasteiger partial charge in [0, 0.05) is 6.42 Å².